The fourth-order valence-electron chi connectivity index (χ4n) is 2.08. The van der Waals surface area contributed by atoms with E-state index in [0.717, 1.165) is 42.0 Å². The second kappa shape index (κ2) is 5.07. The first-order chi connectivity index (χ1) is 7.66. The molecule has 88 valence electrons. The van der Waals surface area contributed by atoms with E-state index in [2.05, 4.69) is 0 Å². The van der Waals surface area contributed by atoms with E-state index >= 15 is 0 Å². The van der Waals surface area contributed by atoms with Crippen LogP contribution in [0.1, 0.15) is 31.2 Å². The molecule has 1 aromatic carbocycles. The third-order valence-electron chi connectivity index (χ3n) is 3.08. The zero-order chi connectivity index (χ0) is 11.5. The van der Waals surface area contributed by atoms with E-state index in [9.17, 15) is 5.11 Å². The summed E-state index contributed by atoms with van der Waals surface area (Å²) in [6.07, 6.45) is 3.62. The lowest BCUT2D eigenvalue weighted by Gasteiger charge is -2.28. The van der Waals surface area contributed by atoms with Crippen molar-refractivity contribution in [1.82, 2.24) is 0 Å². The van der Waals surface area contributed by atoms with Gasteiger partial charge in [-0.25, -0.2) is 0 Å². The maximum atomic E-state index is 9.80. The quantitative estimate of drug-likeness (QED) is 0.859. The van der Waals surface area contributed by atoms with E-state index in [0.29, 0.717) is 0 Å². The summed E-state index contributed by atoms with van der Waals surface area (Å²) in [5, 5.41) is 10.5. The molecule has 1 aromatic rings. The summed E-state index contributed by atoms with van der Waals surface area (Å²) in [6.45, 7) is 1.95. The van der Waals surface area contributed by atoms with Crippen LogP contribution in [0.3, 0.4) is 0 Å². The van der Waals surface area contributed by atoms with Crippen molar-refractivity contribution in [2.24, 2.45) is 0 Å². The van der Waals surface area contributed by atoms with Crippen LogP contribution in [0.5, 0.6) is 5.75 Å². The predicted molar refractivity (Wildman–Crippen MR) is 65.1 cm³/mol. The van der Waals surface area contributed by atoms with Crippen LogP contribution in [0.15, 0.2) is 18.2 Å². The summed E-state index contributed by atoms with van der Waals surface area (Å²) >= 11 is 5.95. The molecule has 1 fully saturated rings. The summed E-state index contributed by atoms with van der Waals surface area (Å²) in [4.78, 5) is 0. The van der Waals surface area contributed by atoms with Gasteiger partial charge in [-0.1, -0.05) is 18.0 Å². The molecule has 1 aliphatic carbocycles. The zero-order valence-corrected chi connectivity index (χ0v) is 10.2. The van der Waals surface area contributed by atoms with Gasteiger partial charge >= 0.3 is 0 Å². The molecule has 0 radical (unpaired) electrons. The highest BCUT2D eigenvalue weighted by molar-refractivity contribution is 6.31. The molecule has 1 saturated carbocycles. The Balaban J connectivity index is 2.05. The maximum Gasteiger partial charge on any atom is 0.124 e. The fourth-order valence-corrected chi connectivity index (χ4v) is 2.20. The van der Waals surface area contributed by atoms with Crippen LogP contribution in [-0.4, -0.2) is 17.3 Å². The van der Waals surface area contributed by atoms with E-state index in [4.69, 9.17) is 16.3 Å². The van der Waals surface area contributed by atoms with Crippen LogP contribution in [0.2, 0.25) is 5.02 Å². The smallest absolute Gasteiger partial charge is 0.124 e. The molecule has 2 atom stereocenters. The van der Waals surface area contributed by atoms with Crippen molar-refractivity contribution in [2.75, 3.05) is 0 Å². The standard InChI is InChI=1S/C13H17ClO2/c1-9-8-10(6-7-11(9)14)16-13-5-3-2-4-12(13)15/h6-8,12-13,15H,2-5H2,1H3/t12-,13-/m1/s1. The molecule has 2 nitrogen and oxygen atoms in total. The molecule has 0 amide bonds. The first-order valence-corrected chi connectivity index (χ1v) is 6.15. The Labute approximate surface area is 101 Å². The number of hydrogen-bond donors (Lipinski definition) is 1. The zero-order valence-electron chi connectivity index (χ0n) is 9.45. The van der Waals surface area contributed by atoms with Crippen molar-refractivity contribution in [1.29, 1.82) is 0 Å². The van der Waals surface area contributed by atoms with Gasteiger partial charge in [0.2, 0.25) is 0 Å². The van der Waals surface area contributed by atoms with Gasteiger partial charge in [0.15, 0.2) is 0 Å². The van der Waals surface area contributed by atoms with Gasteiger partial charge in [-0.3, -0.25) is 0 Å². The molecule has 0 saturated heterocycles. The first-order valence-electron chi connectivity index (χ1n) is 5.77. The van der Waals surface area contributed by atoms with Gasteiger partial charge in [-0.2, -0.15) is 0 Å². The van der Waals surface area contributed by atoms with Crippen molar-refractivity contribution in [3.05, 3.63) is 28.8 Å². The van der Waals surface area contributed by atoms with Gasteiger partial charge in [0, 0.05) is 5.02 Å². The molecule has 16 heavy (non-hydrogen) atoms. The number of halogens is 1. The Morgan fingerprint density at radius 3 is 2.75 bits per heavy atom. The molecular formula is C13H17ClO2. The first kappa shape index (κ1) is 11.7. The van der Waals surface area contributed by atoms with Crippen LogP contribution < -0.4 is 4.74 Å². The van der Waals surface area contributed by atoms with Gasteiger partial charge in [0.05, 0.1) is 6.10 Å². The SMILES string of the molecule is Cc1cc(O[C@@H]2CCCC[C@H]2O)ccc1Cl. The number of benzene rings is 1. The van der Waals surface area contributed by atoms with Crippen molar-refractivity contribution >= 4 is 11.6 Å². The van der Waals surface area contributed by atoms with Crippen LogP contribution in [0.4, 0.5) is 0 Å². The fraction of sp³-hybridized carbons (Fsp3) is 0.538. The Morgan fingerprint density at radius 2 is 2.06 bits per heavy atom. The van der Waals surface area contributed by atoms with Crippen LogP contribution >= 0.6 is 11.6 Å². The second-order valence-electron chi connectivity index (χ2n) is 4.42. The summed E-state index contributed by atoms with van der Waals surface area (Å²) in [7, 11) is 0. The molecular weight excluding hydrogens is 224 g/mol. The highest BCUT2D eigenvalue weighted by atomic mass is 35.5. The number of ether oxygens (including phenoxy) is 1. The van der Waals surface area contributed by atoms with Gasteiger partial charge in [-0.15, -0.1) is 0 Å². The van der Waals surface area contributed by atoms with Crippen LogP contribution in [-0.2, 0) is 0 Å². The van der Waals surface area contributed by atoms with Crippen LogP contribution in [0.25, 0.3) is 0 Å². The molecule has 0 aromatic heterocycles. The van der Waals surface area contributed by atoms with Crippen molar-refractivity contribution < 1.29 is 9.84 Å². The Morgan fingerprint density at radius 1 is 1.31 bits per heavy atom. The van der Waals surface area contributed by atoms with E-state index < -0.39 is 0 Å². The largest absolute Gasteiger partial charge is 0.488 e. The molecule has 0 aliphatic heterocycles. The minimum absolute atomic E-state index is 0.0608. The number of aryl methyl sites for hydroxylation is 1. The molecule has 0 heterocycles. The maximum absolute atomic E-state index is 9.80. The third kappa shape index (κ3) is 2.69. The Hall–Kier alpha value is -0.730. The Bertz CT molecular complexity index is 365. The topological polar surface area (TPSA) is 29.5 Å². The number of aliphatic hydroxyl groups excluding tert-OH is 1. The average Bonchev–Trinajstić information content (AvgIpc) is 2.27. The van der Waals surface area contributed by atoms with Crippen molar-refractivity contribution in [2.45, 2.75) is 44.8 Å². The van der Waals surface area contributed by atoms with Gasteiger partial charge in [-0.05, 0) is 49.9 Å². The van der Waals surface area contributed by atoms with Gasteiger partial charge < -0.3 is 9.84 Å². The van der Waals surface area contributed by atoms with Gasteiger partial charge in [0.25, 0.3) is 0 Å². The predicted octanol–water partition coefficient (Wildman–Crippen LogP) is 3.33. The molecule has 0 unspecified atom stereocenters. The summed E-state index contributed by atoms with van der Waals surface area (Å²) in [5.41, 5.74) is 1.00. The minimum atomic E-state index is -0.329. The number of aliphatic hydroxyl groups is 1. The molecule has 1 aliphatic rings. The molecule has 2 rings (SSSR count). The highest BCUT2D eigenvalue weighted by Gasteiger charge is 2.24. The van der Waals surface area contributed by atoms with Crippen molar-refractivity contribution in [3.8, 4) is 5.75 Å². The number of hydrogen-bond acceptors (Lipinski definition) is 2. The monoisotopic (exact) mass is 240 g/mol. The molecule has 3 heteroatoms. The van der Waals surface area contributed by atoms with Crippen molar-refractivity contribution in [3.63, 3.8) is 0 Å². The highest BCUT2D eigenvalue weighted by Crippen LogP contribution is 2.26. The summed E-state index contributed by atoms with van der Waals surface area (Å²) in [6, 6.07) is 5.61. The molecule has 0 bridgehead atoms. The van der Waals surface area contributed by atoms with Crippen LogP contribution in [0, 0.1) is 6.92 Å². The molecule has 1 N–H and O–H groups in total. The van der Waals surface area contributed by atoms with E-state index in [1.807, 2.05) is 25.1 Å². The van der Waals surface area contributed by atoms with E-state index in [-0.39, 0.29) is 12.2 Å². The minimum Gasteiger partial charge on any atom is -0.488 e. The number of rotatable bonds is 2. The van der Waals surface area contributed by atoms with Gasteiger partial charge in [0.1, 0.15) is 11.9 Å². The summed E-state index contributed by atoms with van der Waals surface area (Å²) in [5.74, 6) is 0.799. The lowest BCUT2D eigenvalue weighted by Crippen LogP contribution is -2.34. The Kier molecular flexibility index (Phi) is 3.72. The summed E-state index contributed by atoms with van der Waals surface area (Å²) < 4.78 is 5.79. The lowest BCUT2D eigenvalue weighted by molar-refractivity contribution is 0.00685. The third-order valence-corrected chi connectivity index (χ3v) is 3.51. The average molecular weight is 241 g/mol. The molecule has 0 spiro atoms. The normalized spacial score (nSPS) is 25.4. The second-order valence-corrected chi connectivity index (χ2v) is 4.83. The van der Waals surface area contributed by atoms with E-state index in [1.54, 1.807) is 0 Å². The van der Waals surface area contributed by atoms with E-state index in [1.165, 1.54) is 0 Å². The lowest BCUT2D eigenvalue weighted by atomic mass is 9.95.